The molecular weight excluding hydrogens is 368 g/mol. The summed E-state index contributed by atoms with van der Waals surface area (Å²) in [4.78, 5) is 29.1. The quantitative estimate of drug-likeness (QED) is 0.776. The molecule has 0 N–H and O–H groups in total. The summed E-state index contributed by atoms with van der Waals surface area (Å²) in [6, 6.07) is 6.20. The molecule has 2 heterocycles. The number of amides is 2. The predicted molar refractivity (Wildman–Crippen MR) is 96.8 cm³/mol. The maximum atomic E-state index is 13.0. The summed E-state index contributed by atoms with van der Waals surface area (Å²) in [5, 5.41) is 0. The fourth-order valence-corrected chi connectivity index (χ4v) is 4.36. The lowest BCUT2D eigenvalue weighted by molar-refractivity contribution is -0.136. The van der Waals surface area contributed by atoms with Crippen molar-refractivity contribution < 1.29 is 9.59 Å². The summed E-state index contributed by atoms with van der Waals surface area (Å²) in [5.41, 5.74) is 2.33. The lowest BCUT2D eigenvalue weighted by Gasteiger charge is -2.36. The molecule has 128 valence electrons. The standard InChI is InChI=1S/C19H23BrN2O2/c20-16-5-6-17-15(12-16)2-1-9-22(17)19(24)14-7-10-21(11-8-14)18(23)13-3-4-13/h5-6,12-14H,1-4,7-11H2. The molecule has 2 aliphatic heterocycles. The third-order valence-electron chi connectivity index (χ3n) is 5.51. The van der Waals surface area contributed by atoms with Crippen LogP contribution in [-0.2, 0) is 16.0 Å². The fraction of sp³-hybridized carbons (Fsp3) is 0.579. The monoisotopic (exact) mass is 390 g/mol. The van der Waals surface area contributed by atoms with E-state index in [1.807, 2.05) is 15.9 Å². The smallest absolute Gasteiger partial charge is 0.230 e. The highest BCUT2D eigenvalue weighted by molar-refractivity contribution is 9.10. The molecule has 2 fully saturated rings. The molecule has 24 heavy (non-hydrogen) atoms. The van der Waals surface area contributed by atoms with Gasteiger partial charge in [-0.3, -0.25) is 9.59 Å². The Kier molecular flexibility index (Phi) is 4.37. The van der Waals surface area contributed by atoms with Gasteiger partial charge in [0, 0.05) is 41.6 Å². The number of hydrogen-bond donors (Lipinski definition) is 0. The van der Waals surface area contributed by atoms with E-state index in [1.165, 1.54) is 5.56 Å². The van der Waals surface area contributed by atoms with Crippen molar-refractivity contribution in [1.29, 1.82) is 0 Å². The second-order valence-electron chi connectivity index (χ2n) is 7.24. The summed E-state index contributed by atoms with van der Waals surface area (Å²) in [5.74, 6) is 0.901. The van der Waals surface area contributed by atoms with E-state index in [-0.39, 0.29) is 17.7 Å². The van der Waals surface area contributed by atoms with Gasteiger partial charge in [0.2, 0.25) is 11.8 Å². The van der Waals surface area contributed by atoms with Crippen LogP contribution >= 0.6 is 15.9 Å². The van der Waals surface area contributed by atoms with Gasteiger partial charge in [-0.25, -0.2) is 0 Å². The third-order valence-corrected chi connectivity index (χ3v) is 6.00. The van der Waals surface area contributed by atoms with Crippen molar-refractivity contribution in [3.05, 3.63) is 28.2 Å². The minimum atomic E-state index is 0.0582. The highest BCUT2D eigenvalue weighted by Gasteiger charge is 2.37. The first-order valence-electron chi connectivity index (χ1n) is 9.02. The molecule has 0 atom stereocenters. The van der Waals surface area contributed by atoms with E-state index < -0.39 is 0 Å². The Morgan fingerprint density at radius 1 is 0.958 bits per heavy atom. The van der Waals surface area contributed by atoms with Crippen LogP contribution in [0.1, 0.15) is 37.7 Å². The zero-order chi connectivity index (χ0) is 16.7. The lowest BCUT2D eigenvalue weighted by atomic mass is 9.93. The molecule has 0 aromatic heterocycles. The van der Waals surface area contributed by atoms with E-state index in [0.717, 1.165) is 68.3 Å². The van der Waals surface area contributed by atoms with Crippen molar-refractivity contribution in [1.82, 2.24) is 4.90 Å². The Labute approximate surface area is 151 Å². The van der Waals surface area contributed by atoms with Crippen molar-refractivity contribution in [2.45, 2.75) is 38.5 Å². The number of likely N-dealkylation sites (tertiary alicyclic amines) is 1. The summed E-state index contributed by atoms with van der Waals surface area (Å²) in [6.45, 7) is 2.30. The Morgan fingerprint density at radius 3 is 2.38 bits per heavy atom. The van der Waals surface area contributed by atoms with Crippen LogP contribution in [0.25, 0.3) is 0 Å². The molecule has 1 saturated heterocycles. The van der Waals surface area contributed by atoms with E-state index in [1.54, 1.807) is 0 Å². The summed E-state index contributed by atoms with van der Waals surface area (Å²) in [7, 11) is 0. The van der Waals surface area contributed by atoms with Crippen molar-refractivity contribution in [3.8, 4) is 0 Å². The average molecular weight is 391 g/mol. The van der Waals surface area contributed by atoms with Crippen LogP contribution < -0.4 is 4.90 Å². The van der Waals surface area contributed by atoms with Gasteiger partial charge in [0.25, 0.3) is 0 Å². The number of fused-ring (bicyclic) bond motifs is 1. The van der Waals surface area contributed by atoms with Crippen molar-refractivity contribution in [3.63, 3.8) is 0 Å². The van der Waals surface area contributed by atoms with Crippen LogP contribution in [0.4, 0.5) is 5.69 Å². The van der Waals surface area contributed by atoms with Crippen molar-refractivity contribution in [2.75, 3.05) is 24.5 Å². The summed E-state index contributed by atoms with van der Waals surface area (Å²) < 4.78 is 1.07. The van der Waals surface area contributed by atoms with Gasteiger partial charge in [-0.05, 0) is 62.3 Å². The number of carbonyl (C=O) groups excluding carboxylic acids is 2. The third kappa shape index (κ3) is 3.10. The highest BCUT2D eigenvalue weighted by Crippen LogP contribution is 2.34. The van der Waals surface area contributed by atoms with E-state index >= 15 is 0 Å². The van der Waals surface area contributed by atoms with Gasteiger partial charge in [0.15, 0.2) is 0 Å². The number of hydrogen-bond acceptors (Lipinski definition) is 2. The molecule has 1 saturated carbocycles. The second kappa shape index (κ2) is 6.51. The SMILES string of the molecule is O=C(C1CC1)N1CCC(C(=O)N2CCCc3cc(Br)ccc32)CC1. The van der Waals surface area contributed by atoms with Crippen molar-refractivity contribution in [2.24, 2.45) is 11.8 Å². The number of rotatable bonds is 2. The number of piperidine rings is 1. The van der Waals surface area contributed by atoms with Gasteiger partial charge in [-0.15, -0.1) is 0 Å². The van der Waals surface area contributed by atoms with Crippen LogP contribution in [0.3, 0.4) is 0 Å². The van der Waals surface area contributed by atoms with Gasteiger partial charge >= 0.3 is 0 Å². The molecular formula is C19H23BrN2O2. The number of aryl methyl sites for hydroxylation is 1. The van der Waals surface area contributed by atoms with Crippen LogP contribution in [0.2, 0.25) is 0 Å². The molecule has 0 bridgehead atoms. The van der Waals surface area contributed by atoms with E-state index in [9.17, 15) is 9.59 Å². The average Bonchev–Trinajstić information content (AvgIpc) is 3.45. The number of nitrogens with zero attached hydrogens (tertiary/aromatic N) is 2. The molecule has 1 aromatic rings. The Bertz CT molecular complexity index is 663. The first-order chi connectivity index (χ1) is 11.6. The lowest BCUT2D eigenvalue weighted by Crippen LogP contribution is -2.46. The number of anilines is 1. The number of halogens is 1. The van der Waals surface area contributed by atoms with Crippen LogP contribution in [0.15, 0.2) is 22.7 Å². The molecule has 1 aromatic carbocycles. The van der Waals surface area contributed by atoms with Gasteiger partial charge in [0.1, 0.15) is 0 Å². The molecule has 0 spiro atoms. The number of carbonyl (C=O) groups is 2. The molecule has 1 aliphatic carbocycles. The van der Waals surface area contributed by atoms with Gasteiger partial charge < -0.3 is 9.80 Å². The molecule has 4 rings (SSSR count). The van der Waals surface area contributed by atoms with Crippen molar-refractivity contribution >= 4 is 33.4 Å². The number of benzene rings is 1. The Hall–Kier alpha value is -1.36. The van der Waals surface area contributed by atoms with Gasteiger partial charge in [-0.1, -0.05) is 15.9 Å². The first kappa shape index (κ1) is 16.1. The first-order valence-corrected chi connectivity index (χ1v) is 9.81. The van der Waals surface area contributed by atoms with Crippen LogP contribution in [0.5, 0.6) is 0 Å². The van der Waals surface area contributed by atoms with E-state index in [0.29, 0.717) is 5.91 Å². The van der Waals surface area contributed by atoms with E-state index in [4.69, 9.17) is 0 Å². The zero-order valence-corrected chi connectivity index (χ0v) is 15.4. The molecule has 0 unspecified atom stereocenters. The Balaban J connectivity index is 1.43. The summed E-state index contributed by atoms with van der Waals surface area (Å²) in [6.07, 6.45) is 5.77. The Morgan fingerprint density at radius 2 is 1.67 bits per heavy atom. The minimum Gasteiger partial charge on any atom is -0.342 e. The fourth-order valence-electron chi connectivity index (χ4n) is 3.95. The zero-order valence-electron chi connectivity index (χ0n) is 13.8. The maximum absolute atomic E-state index is 13.0. The molecule has 0 radical (unpaired) electrons. The largest absolute Gasteiger partial charge is 0.342 e. The maximum Gasteiger partial charge on any atom is 0.230 e. The second-order valence-corrected chi connectivity index (χ2v) is 8.16. The normalized spacial score (nSPS) is 21.5. The van der Waals surface area contributed by atoms with Gasteiger partial charge in [0.05, 0.1) is 0 Å². The summed E-state index contributed by atoms with van der Waals surface area (Å²) >= 11 is 3.52. The molecule has 5 heteroatoms. The highest BCUT2D eigenvalue weighted by atomic mass is 79.9. The topological polar surface area (TPSA) is 40.6 Å². The minimum absolute atomic E-state index is 0.0582. The molecule has 4 nitrogen and oxygen atoms in total. The molecule has 3 aliphatic rings. The van der Waals surface area contributed by atoms with Crippen LogP contribution in [-0.4, -0.2) is 36.3 Å². The van der Waals surface area contributed by atoms with E-state index in [2.05, 4.69) is 28.1 Å². The van der Waals surface area contributed by atoms with Gasteiger partial charge in [-0.2, -0.15) is 0 Å². The van der Waals surface area contributed by atoms with Crippen LogP contribution in [0, 0.1) is 11.8 Å². The molecule has 2 amide bonds. The predicted octanol–water partition coefficient (Wildman–Crippen LogP) is 3.38.